The second-order valence-electron chi connectivity index (χ2n) is 8.99. The number of hydrogen-bond acceptors (Lipinski definition) is 4. The minimum atomic E-state index is 0. The van der Waals surface area contributed by atoms with Crippen LogP contribution in [0.3, 0.4) is 0 Å². The van der Waals surface area contributed by atoms with E-state index in [0.29, 0.717) is 18.0 Å². The van der Waals surface area contributed by atoms with Crippen LogP contribution in [0.1, 0.15) is 52.9 Å². The van der Waals surface area contributed by atoms with Crippen LogP contribution in [-0.4, -0.2) is 98.3 Å². The molecule has 0 spiro atoms. The van der Waals surface area contributed by atoms with Gasteiger partial charge in [-0.05, 0) is 45.2 Å². The zero-order valence-electron chi connectivity index (χ0n) is 18.9. The number of hydrogen-bond donors (Lipinski definition) is 1. The van der Waals surface area contributed by atoms with Crippen LogP contribution in [0.25, 0.3) is 0 Å². The first kappa shape index (κ1) is 25.1. The molecule has 3 rings (SSSR count). The molecule has 3 aliphatic rings. The highest BCUT2D eigenvalue weighted by molar-refractivity contribution is 14.0. The Labute approximate surface area is 195 Å². The maximum Gasteiger partial charge on any atom is 0.194 e. The summed E-state index contributed by atoms with van der Waals surface area (Å²) in [6.07, 6.45) is 6.72. The van der Waals surface area contributed by atoms with Crippen molar-refractivity contribution in [3.63, 3.8) is 0 Å². The van der Waals surface area contributed by atoms with E-state index in [9.17, 15) is 0 Å². The number of morpholine rings is 1. The molecule has 6 nitrogen and oxygen atoms in total. The fourth-order valence-corrected chi connectivity index (χ4v) is 4.96. The molecular weight excluding hydrogens is 477 g/mol. The molecule has 0 saturated carbocycles. The van der Waals surface area contributed by atoms with E-state index < -0.39 is 0 Å². The molecule has 0 aromatic heterocycles. The molecule has 0 amide bonds. The van der Waals surface area contributed by atoms with Gasteiger partial charge in [-0.3, -0.25) is 14.8 Å². The first-order valence-corrected chi connectivity index (χ1v) is 11.8. The third-order valence-electron chi connectivity index (χ3n) is 6.67. The lowest BCUT2D eigenvalue weighted by molar-refractivity contribution is 0.0195. The third-order valence-corrected chi connectivity index (χ3v) is 6.67. The van der Waals surface area contributed by atoms with Gasteiger partial charge in [0.1, 0.15) is 0 Å². The van der Waals surface area contributed by atoms with E-state index in [1.807, 2.05) is 0 Å². The second kappa shape index (κ2) is 13.3. The lowest BCUT2D eigenvalue weighted by Gasteiger charge is -2.33. The summed E-state index contributed by atoms with van der Waals surface area (Å²) >= 11 is 0. The molecule has 0 aromatic carbocycles. The van der Waals surface area contributed by atoms with Crippen molar-refractivity contribution in [1.82, 2.24) is 20.0 Å². The Morgan fingerprint density at radius 1 is 1.03 bits per heavy atom. The van der Waals surface area contributed by atoms with E-state index in [0.717, 1.165) is 58.4 Å². The van der Waals surface area contributed by atoms with Crippen LogP contribution in [0.5, 0.6) is 0 Å². The monoisotopic (exact) mass is 521 g/mol. The van der Waals surface area contributed by atoms with Crippen LogP contribution in [0.15, 0.2) is 4.99 Å². The zero-order valence-corrected chi connectivity index (χ0v) is 21.3. The average Bonchev–Trinajstić information content (AvgIpc) is 3.05. The maximum atomic E-state index is 5.53. The quantitative estimate of drug-likeness (QED) is 0.331. The van der Waals surface area contributed by atoms with Gasteiger partial charge in [-0.15, -0.1) is 24.0 Å². The lowest BCUT2D eigenvalue weighted by atomic mass is 10.0. The van der Waals surface area contributed by atoms with Crippen LogP contribution in [0.2, 0.25) is 0 Å². The molecule has 0 radical (unpaired) electrons. The smallest absolute Gasteiger partial charge is 0.194 e. The van der Waals surface area contributed by atoms with Gasteiger partial charge in [-0.25, -0.2) is 0 Å². The van der Waals surface area contributed by atoms with E-state index in [1.165, 1.54) is 45.2 Å². The topological polar surface area (TPSA) is 43.3 Å². The number of guanidine groups is 1. The summed E-state index contributed by atoms with van der Waals surface area (Å²) < 4.78 is 5.53. The number of nitrogens with one attached hydrogen (secondary N) is 1. The van der Waals surface area contributed by atoms with E-state index in [-0.39, 0.29) is 24.0 Å². The largest absolute Gasteiger partial charge is 0.379 e. The number of halogens is 1. The summed E-state index contributed by atoms with van der Waals surface area (Å²) in [4.78, 5) is 13.0. The van der Waals surface area contributed by atoms with Crippen LogP contribution < -0.4 is 5.32 Å². The summed E-state index contributed by atoms with van der Waals surface area (Å²) in [5, 5.41) is 3.57. The number of nitrogens with zero attached hydrogens (tertiary/aromatic N) is 4. The Morgan fingerprint density at radius 3 is 2.34 bits per heavy atom. The van der Waals surface area contributed by atoms with Gasteiger partial charge < -0.3 is 15.0 Å². The van der Waals surface area contributed by atoms with Crippen molar-refractivity contribution < 1.29 is 4.74 Å². The van der Waals surface area contributed by atoms with Gasteiger partial charge >= 0.3 is 0 Å². The molecule has 3 saturated heterocycles. The van der Waals surface area contributed by atoms with Crippen molar-refractivity contribution in [1.29, 1.82) is 0 Å². The van der Waals surface area contributed by atoms with Crippen molar-refractivity contribution in [2.24, 2.45) is 10.9 Å². The summed E-state index contributed by atoms with van der Waals surface area (Å²) in [6, 6.07) is 1.21. The summed E-state index contributed by atoms with van der Waals surface area (Å²) in [5.41, 5.74) is 0. The summed E-state index contributed by atoms with van der Waals surface area (Å²) in [7, 11) is 0. The summed E-state index contributed by atoms with van der Waals surface area (Å²) in [5.74, 6) is 1.77. The van der Waals surface area contributed by atoms with Crippen LogP contribution >= 0.6 is 24.0 Å². The van der Waals surface area contributed by atoms with Gasteiger partial charge in [0, 0.05) is 44.8 Å². The van der Waals surface area contributed by atoms with E-state index >= 15 is 0 Å². The molecule has 2 atom stereocenters. The van der Waals surface area contributed by atoms with Gasteiger partial charge in [-0.2, -0.15) is 0 Å². The predicted molar refractivity (Wildman–Crippen MR) is 132 cm³/mol. The minimum Gasteiger partial charge on any atom is -0.379 e. The highest BCUT2D eigenvalue weighted by Gasteiger charge is 2.30. The first-order valence-electron chi connectivity index (χ1n) is 11.8. The van der Waals surface area contributed by atoms with Gasteiger partial charge in [0.05, 0.1) is 19.8 Å². The van der Waals surface area contributed by atoms with Gasteiger partial charge in [0.2, 0.25) is 0 Å². The van der Waals surface area contributed by atoms with E-state index in [4.69, 9.17) is 9.73 Å². The Kier molecular flexibility index (Phi) is 11.6. The Hall–Kier alpha value is -0.120. The molecule has 29 heavy (non-hydrogen) atoms. The van der Waals surface area contributed by atoms with Crippen molar-refractivity contribution in [3.05, 3.63) is 0 Å². The predicted octanol–water partition coefficient (Wildman–Crippen LogP) is 2.88. The number of rotatable bonds is 6. The third kappa shape index (κ3) is 7.51. The molecule has 3 fully saturated rings. The second-order valence-corrected chi connectivity index (χ2v) is 8.99. The zero-order chi connectivity index (χ0) is 19.8. The molecule has 7 heteroatoms. The SMILES string of the molecule is CCNC(=NCC(C(C)C)N1CCCCCC1)N1CCC(N2CCOCC2)C1.I. The van der Waals surface area contributed by atoms with Gasteiger partial charge in [0.15, 0.2) is 5.96 Å². The first-order chi connectivity index (χ1) is 13.7. The molecule has 2 unspecified atom stereocenters. The summed E-state index contributed by atoms with van der Waals surface area (Å²) in [6.45, 7) is 17.4. The van der Waals surface area contributed by atoms with Crippen LogP contribution in [0, 0.1) is 5.92 Å². The Bertz CT molecular complexity index is 476. The highest BCUT2D eigenvalue weighted by Crippen LogP contribution is 2.20. The number of ether oxygens (including phenoxy) is 1. The minimum absolute atomic E-state index is 0. The van der Waals surface area contributed by atoms with Crippen molar-refractivity contribution in [3.8, 4) is 0 Å². The molecule has 1 N–H and O–H groups in total. The molecule has 3 heterocycles. The molecule has 0 bridgehead atoms. The molecular formula is C22H44IN5O. The normalized spacial score (nSPS) is 26.3. The van der Waals surface area contributed by atoms with Crippen LogP contribution in [-0.2, 0) is 4.74 Å². The Morgan fingerprint density at radius 2 is 1.72 bits per heavy atom. The molecule has 170 valence electrons. The van der Waals surface area contributed by atoms with Crippen molar-refractivity contribution in [2.75, 3.05) is 65.6 Å². The highest BCUT2D eigenvalue weighted by atomic mass is 127. The fourth-order valence-electron chi connectivity index (χ4n) is 4.96. The Balaban J connectivity index is 0.00000300. The standard InChI is InChI=1S/C22H43N5O.HI/c1-4-23-22(27-12-9-20(18-27)25-13-15-28-16-14-25)24-17-21(19(2)3)26-10-7-5-6-8-11-26;/h19-21H,4-18H2,1-3H3,(H,23,24);1H. The van der Waals surface area contributed by atoms with Gasteiger partial charge in [0.25, 0.3) is 0 Å². The van der Waals surface area contributed by atoms with Crippen molar-refractivity contribution >= 4 is 29.9 Å². The molecule has 3 aliphatic heterocycles. The maximum absolute atomic E-state index is 5.53. The molecule has 0 aliphatic carbocycles. The van der Waals surface area contributed by atoms with E-state index in [2.05, 4.69) is 40.8 Å². The average molecular weight is 522 g/mol. The van der Waals surface area contributed by atoms with Crippen molar-refractivity contribution in [2.45, 2.75) is 65.0 Å². The fraction of sp³-hybridized carbons (Fsp3) is 0.955. The van der Waals surface area contributed by atoms with Gasteiger partial charge in [-0.1, -0.05) is 26.7 Å². The van der Waals surface area contributed by atoms with Crippen LogP contribution in [0.4, 0.5) is 0 Å². The number of aliphatic imine (C=N–C) groups is 1. The molecule has 0 aromatic rings. The van der Waals surface area contributed by atoms with E-state index in [1.54, 1.807) is 0 Å². The number of likely N-dealkylation sites (tertiary alicyclic amines) is 2. The lowest BCUT2D eigenvalue weighted by Crippen LogP contribution is -2.47.